The van der Waals surface area contributed by atoms with Crippen molar-refractivity contribution >= 4 is 17.5 Å². The molecule has 1 aliphatic heterocycles. The number of nitrogens with zero attached hydrogens (tertiary/aromatic N) is 2. The summed E-state index contributed by atoms with van der Waals surface area (Å²) in [6.45, 7) is 1.66. The molecule has 132 valence electrons. The fourth-order valence-electron chi connectivity index (χ4n) is 2.71. The van der Waals surface area contributed by atoms with Crippen LogP contribution in [0.2, 0.25) is 0 Å². The molecular formula is C17H20FN5O2. The van der Waals surface area contributed by atoms with Gasteiger partial charge >= 0.3 is 0 Å². The Hall–Kier alpha value is -2.74. The van der Waals surface area contributed by atoms with Crippen LogP contribution < -0.4 is 16.0 Å². The maximum atomic E-state index is 12.8. The molecule has 0 aliphatic carbocycles. The molecule has 1 saturated heterocycles. The molecule has 3 N–H and O–H groups in total. The Balaban J connectivity index is 1.49. The number of anilines is 1. The quantitative estimate of drug-likeness (QED) is 0.763. The molecule has 1 atom stereocenters. The summed E-state index contributed by atoms with van der Waals surface area (Å²) in [6, 6.07) is 7.30. The van der Waals surface area contributed by atoms with Crippen molar-refractivity contribution in [3.8, 4) is 0 Å². The van der Waals surface area contributed by atoms with Crippen LogP contribution in [0.25, 0.3) is 0 Å². The first-order valence-corrected chi connectivity index (χ1v) is 8.21. The lowest BCUT2D eigenvalue weighted by molar-refractivity contribution is -0.115. The summed E-state index contributed by atoms with van der Waals surface area (Å²) in [7, 11) is 0. The predicted molar refractivity (Wildman–Crippen MR) is 90.7 cm³/mol. The highest BCUT2D eigenvalue weighted by Gasteiger charge is 2.18. The molecule has 1 aromatic heterocycles. The van der Waals surface area contributed by atoms with Crippen molar-refractivity contribution in [2.24, 2.45) is 0 Å². The van der Waals surface area contributed by atoms with Crippen molar-refractivity contribution in [2.75, 3.05) is 25.0 Å². The first-order valence-electron chi connectivity index (χ1n) is 8.21. The minimum absolute atomic E-state index is 0.186. The van der Waals surface area contributed by atoms with Crippen molar-refractivity contribution in [3.05, 3.63) is 48.0 Å². The molecule has 1 fully saturated rings. The molecule has 1 aliphatic rings. The number of hydrogen-bond acceptors (Lipinski definition) is 4. The smallest absolute Gasteiger partial charge is 0.272 e. The van der Waals surface area contributed by atoms with E-state index in [0.29, 0.717) is 5.69 Å². The van der Waals surface area contributed by atoms with E-state index in [-0.39, 0.29) is 24.1 Å². The largest absolute Gasteiger partial charge is 0.342 e. The van der Waals surface area contributed by atoms with Gasteiger partial charge in [0.15, 0.2) is 0 Å². The second-order valence-electron chi connectivity index (χ2n) is 5.92. The van der Waals surface area contributed by atoms with E-state index in [2.05, 4.69) is 21.0 Å². The Labute approximate surface area is 144 Å². The van der Waals surface area contributed by atoms with Crippen molar-refractivity contribution in [3.63, 3.8) is 0 Å². The minimum Gasteiger partial charge on any atom is -0.342 e. The zero-order valence-electron chi connectivity index (χ0n) is 13.7. The summed E-state index contributed by atoms with van der Waals surface area (Å²) in [4.78, 5) is 23.9. The highest BCUT2D eigenvalue weighted by atomic mass is 19.1. The van der Waals surface area contributed by atoms with Gasteiger partial charge in [-0.1, -0.05) is 0 Å². The van der Waals surface area contributed by atoms with Gasteiger partial charge in [-0.05, 0) is 49.7 Å². The van der Waals surface area contributed by atoms with Crippen LogP contribution in [-0.4, -0.2) is 41.2 Å². The lowest BCUT2D eigenvalue weighted by Crippen LogP contribution is -2.34. The third kappa shape index (κ3) is 4.63. The Morgan fingerprint density at radius 2 is 2.08 bits per heavy atom. The first kappa shape index (κ1) is 17.1. The van der Waals surface area contributed by atoms with Crippen LogP contribution in [0.15, 0.2) is 36.5 Å². The van der Waals surface area contributed by atoms with E-state index < -0.39 is 11.8 Å². The Morgan fingerprint density at radius 3 is 2.80 bits per heavy atom. The maximum absolute atomic E-state index is 12.8. The van der Waals surface area contributed by atoms with Crippen molar-refractivity contribution in [2.45, 2.75) is 18.9 Å². The predicted octanol–water partition coefficient (Wildman–Crippen LogP) is 1.32. The number of rotatable bonds is 5. The summed E-state index contributed by atoms with van der Waals surface area (Å²) in [5, 5.41) is 12.7. The fourth-order valence-corrected chi connectivity index (χ4v) is 2.71. The average molecular weight is 345 g/mol. The number of amides is 2. The number of nitrogens with one attached hydrogen (secondary N) is 3. The molecule has 25 heavy (non-hydrogen) atoms. The summed E-state index contributed by atoms with van der Waals surface area (Å²) < 4.78 is 14.6. The van der Waals surface area contributed by atoms with E-state index in [0.717, 1.165) is 25.9 Å². The van der Waals surface area contributed by atoms with Gasteiger partial charge in [-0.15, -0.1) is 0 Å². The zero-order chi connectivity index (χ0) is 17.6. The van der Waals surface area contributed by atoms with Gasteiger partial charge in [-0.3, -0.25) is 14.3 Å². The molecule has 8 heteroatoms. The molecule has 2 heterocycles. The Morgan fingerprint density at radius 1 is 1.28 bits per heavy atom. The van der Waals surface area contributed by atoms with Crippen molar-refractivity contribution in [1.29, 1.82) is 0 Å². The SMILES string of the molecule is O=C(CNC(=O)c1ccn(C2CCCNC2)n1)Nc1ccc(F)cc1. The molecule has 2 amide bonds. The van der Waals surface area contributed by atoms with Crippen LogP contribution in [0.3, 0.4) is 0 Å². The monoisotopic (exact) mass is 345 g/mol. The summed E-state index contributed by atoms with van der Waals surface area (Å²) in [5.74, 6) is -1.18. The van der Waals surface area contributed by atoms with Crippen LogP contribution in [0.1, 0.15) is 29.4 Å². The molecule has 0 spiro atoms. The molecular weight excluding hydrogens is 325 g/mol. The van der Waals surface area contributed by atoms with Gasteiger partial charge in [0.2, 0.25) is 5.91 Å². The van der Waals surface area contributed by atoms with Gasteiger partial charge < -0.3 is 16.0 Å². The highest BCUT2D eigenvalue weighted by Crippen LogP contribution is 2.15. The molecule has 0 bridgehead atoms. The van der Waals surface area contributed by atoms with Crippen LogP contribution in [0.5, 0.6) is 0 Å². The number of hydrogen-bond donors (Lipinski definition) is 3. The number of carbonyl (C=O) groups excluding carboxylic acids is 2. The van der Waals surface area contributed by atoms with Gasteiger partial charge in [0.25, 0.3) is 5.91 Å². The Kier molecular flexibility index (Phi) is 5.39. The van der Waals surface area contributed by atoms with E-state index in [1.54, 1.807) is 16.9 Å². The number of benzene rings is 1. The summed E-state index contributed by atoms with van der Waals surface area (Å²) in [5.41, 5.74) is 0.745. The lowest BCUT2D eigenvalue weighted by atomic mass is 10.1. The van der Waals surface area contributed by atoms with Crippen LogP contribution in [0, 0.1) is 5.82 Å². The average Bonchev–Trinajstić information content (AvgIpc) is 3.13. The molecule has 0 radical (unpaired) electrons. The van der Waals surface area contributed by atoms with Gasteiger partial charge in [0.1, 0.15) is 11.5 Å². The summed E-state index contributed by atoms with van der Waals surface area (Å²) in [6.07, 6.45) is 3.89. The first-order chi connectivity index (χ1) is 12.1. The molecule has 1 aromatic carbocycles. The van der Waals surface area contributed by atoms with Crippen LogP contribution in [-0.2, 0) is 4.79 Å². The molecule has 0 saturated carbocycles. The van der Waals surface area contributed by atoms with E-state index >= 15 is 0 Å². The third-order valence-electron chi connectivity index (χ3n) is 4.02. The second kappa shape index (κ2) is 7.89. The number of carbonyl (C=O) groups is 2. The number of halogens is 1. The molecule has 2 aromatic rings. The highest BCUT2D eigenvalue weighted by molar-refractivity contribution is 5.98. The van der Waals surface area contributed by atoms with Crippen molar-refractivity contribution in [1.82, 2.24) is 20.4 Å². The van der Waals surface area contributed by atoms with Gasteiger partial charge in [-0.25, -0.2) is 4.39 Å². The van der Waals surface area contributed by atoms with E-state index in [1.807, 2.05) is 0 Å². The molecule has 3 rings (SSSR count). The van der Waals surface area contributed by atoms with Gasteiger partial charge in [0, 0.05) is 18.4 Å². The molecule has 7 nitrogen and oxygen atoms in total. The zero-order valence-corrected chi connectivity index (χ0v) is 13.7. The summed E-state index contributed by atoms with van der Waals surface area (Å²) >= 11 is 0. The Bertz CT molecular complexity index is 738. The van der Waals surface area contributed by atoms with E-state index in [1.165, 1.54) is 24.3 Å². The fraction of sp³-hybridized carbons (Fsp3) is 0.353. The van der Waals surface area contributed by atoms with Crippen molar-refractivity contribution < 1.29 is 14.0 Å². The third-order valence-corrected chi connectivity index (χ3v) is 4.02. The van der Waals surface area contributed by atoms with E-state index in [4.69, 9.17) is 0 Å². The topological polar surface area (TPSA) is 88.1 Å². The normalized spacial score (nSPS) is 17.1. The van der Waals surface area contributed by atoms with Crippen LogP contribution >= 0.6 is 0 Å². The number of piperidine rings is 1. The second-order valence-corrected chi connectivity index (χ2v) is 5.92. The standard InChI is InChI=1S/C17H20FN5O2/c18-12-3-5-13(6-4-12)21-16(24)11-20-17(25)15-7-9-23(22-15)14-2-1-8-19-10-14/h3-7,9,14,19H,1-2,8,10-11H2,(H,20,25)(H,21,24). The maximum Gasteiger partial charge on any atom is 0.272 e. The van der Waals surface area contributed by atoms with Gasteiger partial charge in [0.05, 0.1) is 12.6 Å². The minimum atomic E-state index is -0.406. The number of aromatic nitrogens is 2. The molecule has 1 unspecified atom stereocenters. The lowest BCUT2D eigenvalue weighted by Gasteiger charge is -2.22. The van der Waals surface area contributed by atoms with Gasteiger partial charge in [-0.2, -0.15) is 5.10 Å². The van der Waals surface area contributed by atoms with Crippen LogP contribution in [0.4, 0.5) is 10.1 Å². The van der Waals surface area contributed by atoms with E-state index in [9.17, 15) is 14.0 Å².